The summed E-state index contributed by atoms with van der Waals surface area (Å²) in [6, 6.07) is 16.4. The summed E-state index contributed by atoms with van der Waals surface area (Å²) < 4.78 is 67.0. The molecular formula is C64H62F4N8O6. The zero-order valence-corrected chi connectivity index (χ0v) is 46.8. The number of aromatic hydroxyl groups is 2. The summed E-state index contributed by atoms with van der Waals surface area (Å²) in [5.74, 6) is -5.35. The van der Waals surface area contributed by atoms with Crippen molar-refractivity contribution in [3.8, 4) is 45.1 Å². The fourth-order valence-corrected chi connectivity index (χ4v) is 11.8. The van der Waals surface area contributed by atoms with E-state index in [0.717, 1.165) is 17.7 Å². The molecule has 2 aliphatic heterocycles. The molecule has 2 amide bonds. The van der Waals surface area contributed by atoms with Crippen LogP contribution in [-0.4, -0.2) is 102 Å². The number of aryl methyl sites for hydroxylation is 1. The van der Waals surface area contributed by atoms with Gasteiger partial charge in [-0.25, -0.2) is 17.6 Å². The summed E-state index contributed by atoms with van der Waals surface area (Å²) in [7, 11) is 0. The minimum absolute atomic E-state index is 0.122. The number of halogens is 4. The van der Waals surface area contributed by atoms with Gasteiger partial charge in [0.25, 0.3) is 11.1 Å². The molecule has 4 aromatic carbocycles. The molecule has 0 spiro atoms. The Morgan fingerprint density at radius 3 is 1.57 bits per heavy atom. The number of nitrogens with zero attached hydrogens (tertiary/aromatic N) is 8. The first kappa shape index (κ1) is 56.2. The van der Waals surface area contributed by atoms with Gasteiger partial charge in [0, 0.05) is 104 Å². The molecule has 2 N–H and O–H groups in total. The zero-order valence-electron chi connectivity index (χ0n) is 46.8. The number of amides is 2. The molecule has 0 aliphatic carbocycles. The zero-order chi connectivity index (χ0) is 58.7. The Morgan fingerprint density at radius 2 is 1.11 bits per heavy atom. The number of benzene rings is 4. The lowest BCUT2D eigenvalue weighted by molar-refractivity contribution is -0.129. The quantitative estimate of drug-likeness (QED) is 0.0944. The van der Waals surface area contributed by atoms with E-state index in [1.54, 1.807) is 41.3 Å². The van der Waals surface area contributed by atoms with Crippen molar-refractivity contribution in [1.29, 1.82) is 0 Å². The van der Waals surface area contributed by atoms with Crippen molar-refractivity contribution in [2.45, 2.75) is 79.3 Å². The third-order valence-electron chi connectivity index (χ3n) is 15.8. The van der Waals surface area contributed by atoms with Gasteiger partial charge in [0.1, 0.15) is 34.8 Å². The molecule has 0 radical (unpaired) electrons. The standard InChI is InChI=1S/C64H62F4N8O6/c1-10-55(79)73-23-21-71(32-37(73)7)50-30-58(82)76(52-28-42(48(68)26-44(50)52)60-46(66)14-12-16-54(60)78)64-39(9)40(31-70-62(64)35(4)5)17-18-56(80)74-24-22-72(33-38(74)8)49-29-57(81)75(63-36(6)19-20-69-61(63)34(2)3)51-27-41(47(67)25-43(49)51)59-45(65)13-11-15-53(59)77/h10-20,25-31,34-35,37-38,77-78H,1,21-24,32-33H2,2-9H3/t37-,38+/m0/s1. The maximum Gasteiger partial charge on any atom is 0.257 e. The highest BCUT2D eigenvalue weighted by Gasteiger charge is 2.33. The fourth-order valence-electron chi connectivity index (χ4n) is 11.8. The summed E-state index contributed by atoms with van der Waals surface area (Å²) in [4.78, 5) is 73.3. The lowest BCUT2D eigenvalue weighted by Gasteiger charge is -2.41. The molecular weight excluding hydrogens is 1050 g/mol. The number of carbonyl (C=O) groups excluding carboxylic acids is 2. The molecule has 14 nitrogen and oxygen atoms in total. The van der Waals surface area contributed by atoms with E-state index in [9.17, 15) is 29.4 Å². The number of rotatable bonds is 11. The summed E-state index contributed by atoms with van der Waals surface area (Å²) in [5, 5.41) is 22.4. The predicted molar refractivity (Wildman–Crippen MR) is 312 cm³/mol. The Bertz CT molecular complexity index is 4060. The molecule has 422 valence electrons. The van der Waals surface area contributed by atoms with Gasteiger partial charge in [0.05, 0.1) is 56.3 Å². The van der Waals surface area contributed by atoms with E-state index in [1.807, 2.05) is 58.3 Å². The van der Waals surface area contributed by atoms with Crippen molar-refractivity contribution >= 4 is 51.1 Å². The highest BCUT2D eigenvalue weighted by atomic mass is 19.1. The first-order valence-corrected chi connectivity index (χ1v) is 27.2. The lowest BCUT2D eigenvalue weighted by atomic mass is 9.97. The SMILES string of the molecule is C=CC(=O)N1CCN(c2cc(=O)n(-c3c(C(C)C)ncc(C=CC(=O)N4CCN(c5cc(=O)n(-c6c(C)ccnc6C(C)C)c6cc(-c7c(O)cccc7F)c(F)cc56)C[C@H]4C)c3C)c3cc(-c4c(O)cccc4F)c(F)cc23)C[C@@H]1C. The third-order valence-corrected chi connectivity index (χ3v) is 15.8. The number of carbonyl (C=O) groups is 2. The Labute approximate surface area is 471 Å². The topological polar surface area (TPSA) is 157 Å². The van der Waals surface area contributed by atoms with Crippen LogP contribution >= 0.6 is 0 Å². The van der Waals surface area contributed by atoms with Crippen LogP contribution in [0.1, 0.15) is 81.5 Å². The summed E-state index contributed by atoms with van der Waals surface area (Å²) in [6.45, 7) is 20.3. The van der Waals surface area contributed by atoms with E-state index in [1.165, 1.54) is 81.9 Å². The molecule has 18 heteroatoms. The third kappa shape index (κ3) is 9.93. The molecule has 2 aliphatic rings. The molecule has 4 aromatic heterocycles. The maximum absolute atomic E-state index is 16.6. The molecule has 2 atom stereocenters. The fraction of sp³-hybridized carbons (Fsp3) is 0.281. The number of pyridine rings is 4. The van der Waals surface area contributed by atoms with Crippen LogP contribution in [0.5, 0.6) is 11.5 Å². The van der Waals surface area contributed by atoms with Gasteiger partial charge in [-0.3, -0.25) is 38.3 Å². The summed E-state index contributed by atoms with van der Waals surface area (Å²) >= 11 is 0. The molecule has 0 unspecified atom stereocenters. The second-order valence-electron chi connectivity index (χ2n) is 21.8. The number of fused-ring (bicyclic) bond motifs is 2. The second kappa shape index (κ2) is 22.1. The number of phenolic OH excluding ortho intramolecular Hbond substituents is 2. The number of aromatic nitrogens is 4. The van der Waals surface area contributed by atoms with Crippen molar-refractivity contribution in [2.24, 2.45) is 0 Å². The average Bonchev–Trinajstić information content (AvgIpc) is 3.52. The molecule has 82 heavy (non-hydrogen) atoms. The van der Waals surface area contributed by atoms with Crippen LogP contribution in [0, 0.1) is 37.1 Å². The number of hydrogen-bond donors (Lipinski definition) is 2. The second-order valence-corrected chi connectivity index (χ2v) is 21.8. The van der Waals surface area contributed by atoms with Crippen molar-refractivity contribution < 1.29 is 37.4 Å². The van der Waals surface area contributed by atoms with Crippen LogP contribution < -0.4 is 20.9 Å². The highest BCUT2D eigenvalue weighted by Crippen LogP contribution is 2.42. The molecule has 0 saturated carbocycles. The van der Waals surface area contributed by atoms with Crippen molar-refractivity contribution in [3.63, 3.8) is 0 Å². The van der Waals surface area contributed by atoms with Crippen molar-refractivity contribution in [1.82, 2.24) is 28.9 Å². The molecule has 10 rings (SSSR count). The summed E-state index contributed by atoms with van der Waals surface area (Å²) in [6.07, 6.45) is 7.54. The van der Waals surface area contributed by atoms with Crippen LogP contribution in [0.25, 0.3) is 61.5 Å². The first-order valence-electron chi connectivity index (χ1n) is 27.2. The number of piperazine rings is 2. The van der Waals surface area contributed by atoms with Crippen LogP contribution in [0.15, 0.2) is 120 Å². The van der Waals surface area contributed by atoms with E-state index < -0.39 is 51.9 Å². The normalized spacial score (nSPS) is 15.9. The van der Waals surface area contributed by atoms with Gasteiger partial charge in [-0.1, -0.05) is 46.4 Å². The highest BCUT2D eigenvalue weighted by molar-refractivity contribution is 5.99. The minimum Gasteiger partial charge on any atom is -0.507 e. The maximum atomic E-state index is 16.6. The van der Waals surface area contributed by atoms with Gasteiger partial charge in [-0.05, 0) is 123 Å². The largest absolute Gasteiger partial charge is 0.507 e. The van der Waals surface area contributed by atoms with Gasteiger partial charge >= 0.3 is 0 Å². The van der Waals surface area contributed by atoms with Gasteiger partial charge in [-0.15, -0.1) is 0 Å². The Morgan fingerprint density at radius 1 is 0.634 bits per heavy atom. The van der Waals surface area contributed by atoms with E-state index in [2.05, 4.69) is 11.6 Å². The molecule has 2 fully saturated rings. The monoisotopic (exact) mass is 1110 g/mol. The summed E-state index contributed by atoms with van der Waals surface area (Å²) in [5.41, 5.74) is 2.76. The van der Waals surface area contributed by atoms with Gasteiger partial charge in [0.2, 0.25) is 11.8 Å². The van der Waals surface area contributed by atoms with Crippen LogP contribution in [0.3, 0.4) is 0 Å². The van der Waals surface area contributed by atoms with E-state index >= 15 is 17.6 Å². The molecule has 0 bridgehead atoms. The molecule has 2 saturated heterocycles. The van der Waals surface area contributed by atoms with Gasteiger partial charge < -0.3 is 29.8 Å². The number of hydrogen-bond acceptors (Lipinski definition) is 10. The van der Waals surface area contributed by atoms with Crippen LogP contribution in [0.4, 0.5) is 28.9 Å². The Balaban J connectivity index is 1.02. The van der Waals surface area contributed by atoms with E-state index in [0.29, 0.717) is 75.7 Å². The van der Waals surface area contributed by atoms with E-state index in [-0.39, 0.29) is 82.6 Å². The number of phenols is 2. The van der Waals surface area contributed by atoms with Gasteiger partial charge in [0.15, 0.2) is 0 Å². The Hall–Kier alpha value is -9.06. The smallest absolute Gasteiger partial charge is 0.257 e. The van der Waals surface area contributed by atoms with Crippen molar-refractivity contribution in [2.75, 3.05) is 49.1 Å². The minimum atomic E-state index is -0.877. The molecule has 6 heterocycles. The number of anilines is 2. The lowest BCUT2D eigenvalue weighted by Crippen LogP contribution is -2.54. The van der Waals surface area contributed by atoms with Crippen LogP contribution in [-0.2, 0) is 9.59 Å². The van der Waals surface area contributed by atoms with E-state index in [4.69, 9.17) is 4.98 Å². The average molecular weight is 1120 g/mol. The van der Waals surface area contributed by atoms with Gasteiger partial charge in [-0.2, -0.15) is 0 Å². The Kier molecular flexibility index (Phi) is 15.2. The van der Waals surface area contributed by atoms with Crippen molar-refractivity contribution in [3.05, 3.63) is 182 Å². The molecule has 8 aromatic rings. The van der Waals surface area contributed by atoms with Crippen LogP contribution in [0.2, 0.25) is 0 Å². The predicted octanol–water partition coefficient (Wildman–Crippen LogP) is 11.2. The first-order chi connectivity index (χ1) is 39.1.